The molecule has 0 aliphatic rings. The Morgan fingerprint density at radius 3 is 2.58 bits per heavy atom. The van der Waals surface area contributed by atoms with Crippen LogP contribution in [0.25, 0.3) is 10.9 Å². The molecular formula is C14H15ClN2O2. The second-order valence-corrected chi connectivity index (χ2v) is 5.69. The summed E-state index contributed by atoms with van der Waals surface area (Å²) in [4.78, 5) is 17.0. The average molecular weight is 279 g/mol. The molecule has 0 fully saturated rings. The van der Waals surface area contributed by atoms with Crippen LogP contribution in [0.15, 0.2) is 30.5 Å². The van der Waals surface area contributed by atoms with Gasteiger partial charge in [-0.2, -0.15) is 0 Å². The molecule has 0 aliphatic heterocycles. The van der Waals surface area contributed by atoms with E-state index in [0.29, 0.717) is 10.7 Å². The second-order valence-electron chi connectivity index (χ2n) is 5.28. The number of nitrogens with zero attached hydrogens (tertiary/aromatic N) is 2. The van der Waals surface area contributed by atoms with Crippen LogP contribution in [-0.2, 0) is 0 Å². The number of hydrogen-bond acceptors (Lipinski definition) is 2. The molecule has 4 nitrogen and oxygen atoms in total. The van der Waals surface area contributed by atoms with Crippen molar-refractivity contribution < 1.29 is 9.90 Å². The van der Waals surface area contributed by atoms with Crippen molar-refractivity contribution in [2.24, 2.45) is 0 Å². The van der Waals surface area contributed by atoms with Gasteiger partial charge in [0.1, 0.15) is 0 Å². The lowest BCUT2D eigenvalue weighted by Gasteiger charge is -2.33. The Balaban J connectivity index is 2.62. The van der Waals surface area contributed by atoms with Gasteiger partial charge in [0.05, 0.1) is 10.5 Å². The summed E-state index contributed by atoms with van der Waals surface area (Å²) >= 11 is 6.12. The molecule has 1 aromatic carbocycles. The molecule has 5 heteroatoms. The maximum absolute atomic E-state index is 11.4. The van der Waals surface area contributed by atoms with Gasteiger partial charge in [-0.3, -0.25) is 9.88 Å². The molecule has 1 amide bonds. The number of benzene rings is 1. The zero-order valence-corrected chi connectivity index (χ0v) is 11.8. The molecule has 0 unspecified atom stereocenters. The van der Waals surface area contributed by atoms with Crippen LogP contribution in [0.1, 0.15) is 20.8 Å². The Kier molecular flexibility index (Phi) is 3.37. The molecule has 0 radical (unpaired) electrons. The van der Waals surface area contributed by atoms with Crippen LogP contribution >= 0.6 is 11.6 Å². The van der Waals surface area contributed by atoms with Crippen molar-refractivity contribution in [2.45, 2.75) is 26.3 Å². The minimum absolute atomic E-state index is 0.534. The van der Waals surface area contributed by atoms with Crippen LogP contribution in [0, 0.1) is 0 Å². The van der Waals surface area contributed by atoms with E-state index in [9.17, 15) is 9.90 Å². The van der Waals surface area contributed by atoms with Crippen molar-refractivity contribution >= 4 is 34.3 Å². The summed E-state index contributed by atoms with van der Waals surface area (Å²) in [5.41, 5.74) is 0.798. The number of anilines is 1. The number of halogens is 1. The first-order valence-electron chi connectivity index (χ1n) is 5.88. The summed E-state index contributed by atoms with van der Waals surface area (Å²) in [6.45, 7) is 5.53. The summed E-state index contributed by atoms with van der Waals surface area (Å²) in [6, 6.07) is 6.96. The van der Waals surface area contributed by atoms with Gasteiger partial charge in [-0.15, -0.1) is 0 Å². The predicted molar refractivity (Wildman–Crippen MR) is 77.0 cm³/mol. The van der Waals surface area contributed by atoms with Crippen LogP contribution in [0.2, 0.25) is 5.02 Å². The van der Waals surface area contributed by atoms with Gasteiger partial charge in [0.2, 0.25) is 0 Å². The van der Waals surface area contributed by atoms with E-state index < -0.39 is 11.6 Å². The molecule has 0 aliphatic carbocycles. The molecule has 0 bridgehead atoms. The third-order valence-corrected chi connectivity index (χ3v) is 3.12. The molecule has 0 saturated carbocycles. The van der Waals surface area contributed by atoms with Crippen molar-refractivity contribution in [1.29, 1.82) is 0 Å². The number of hydrogen-bond donors (Lipinski definition) is 1. The number of rotatable bonds is 1. The van der Waals surface area contributed by atoms with Gasteiger partial charge in [-0.05, 0) is 45.0 Å². The smallest absolute Gasteiger partial charge is 0.412 e. The average Bonchev–Trinajstić information content (AvgIpc) is 2.28. The largest absolute Gasteiger partial charge is 0.465 e. The van der Waals surface area contributed by atoms with Gasteiger partial charge in [0, 0.05) is 22.8 Å². The fraction of sp³-hybridized carbons (Fsp3) is 0.286. The van der Waals surface area contributed by atoms with Gasteiger partial charge in [0.15, 0.2) is 0 Å². The molecule has 19 heavy (non-hydrogen) atoms. The van der Waals surface area contributed by atoms with E-state index in [2.05, 4.69) is 4.98 Å². The van der Waals surface area contributed by atoms with Crippen LogP contribution in [-0.4, -0.2) is 21.7 Å². The van der Waals surface area contributed by atoms with E-state index in [4.69, 9.17) is 11.6 Å². The van der Waals surface area contributed by atoms with Gasteiger partial charge in [-0.25, -0.2) is 4.79 Å². The van der Waals surface area contributed by atoms with E-state index in [1.54, 1.807) is 30.5 Å². The van der Waals surface area contributed by atoms with E-state index in [1.165, 1.54) is 4.90 Å². The summed E-state index contributed by atoms with van der Waals surface area (Å²) in [7, 11) is 0. The zero-order valence-electron chi connectivity index (χ0n) is 11.0. The summed E-state index contributed by atoms with van der Waals surface area (Å²) in [5.74, 6) is 0. The lowest BCUT2D eigenvalue weighted by atomic mass is 10.0. The van der Waals surface area contributed by atoms with Crippen LogP contribution in [0.5, 0.6) is 0 Å². The molecule has 1 heterocycles. The molecule has 100 valence electrons. The molecule has 0 atom stereocenters. The van der Waals surface area contributed by atoms with E-state index >= 15 is 0 Å². The monoisotopic (exact) mass is 278 g/mol. The fourth-order valence-corrected chi connectivity index (χ4v) is 2.23. The quantitative estimate of drug-likeness (QED) is 0.852. The van der Waals surface area contributed by atoms with Gasteiger partial charge < -0.3 is 5.11 Å². The molecular weight excluding hydrogens is 264 g/mol. The summed E-state index contributed by atoms with van der Waals surface area (Å²) in [5, 5.41) is 10.7. The summed E-state index contributed by atoms with van der Waals surface area (Å²) in [6.07, 6.45) is 0.634. The highest BCUT2D eigenvalue weighted by Crippen LogP contribution is 2.30. The number of carbonyl (C=O) groups is 1. The Morgan fingerprint density at radius 1 is 1.32 bits per heavy atom. The molecule has 1 N–H and O–H groups in total. The minimum atomic E-state index is -0.994. The van der Waals surface area contributed by atoms with Crippen molar-refractivity contribution in [3.63, 3.8) is 0 Å². The molecule has 0 saturated heterocycles. The van der Waals surface area contributed by atoms with Gasteiger partial charge in [-0.1, -0.05) is 11.6 Å². The maximum atomic E-state index is 11.4. The first-order chi connectivity index (χ1) is 8.80. The standard InChI is InChI=1S/C14H15ClN2O2/c1-14(2,3)17(13(18)19)9-4-5-12-10(8-9)11(15)6-7-16-12/h4-8H,1-3H3,(H,18,19). The number of pyridine rings is 1. The number of carboxylic acid groups (broad SMARTS) is 1. The third kappa shape index (κ3) is 2.63. The van der Waals surface area contributed by atoms with Crippen molar-refractivity contribution in [3.05, 3.63) is 35.5 Å². The lowest BCUT2D eigenvalue weighted by molar-refractivity contribution is 0.195. The highest BCUT2D eigenvalue weighted by atomic mass is 35.5. The Labute approximate surface area is 116 Å². The molecule has 2 rings (SSSR count). The zero-order chi connectivity index (χ0) is 14.2. The van der Waals surface area contributed by atoms with Crippen LogP contribution in [0.3, 0.4) is 0 Å². The highest BCUT2D eigenvalue weighted by Gasteiger charge is 2.28. The topological polar surface area (TPSA) is 53.4 Å². The van der Waals surface area contributed by atoms with Crippen LogP contribution < -0.4 is 4.90 Å². The molecule has 1 aromatic heterocycles. The van der Waals surface area contributed by atoms with Crippen LogP contribution in [0.4, 0.5) is 10.5 Å². The summed E-state index contributed by atoms with van der Waals surface area (Å²) < 4.78 is 0. The van der Waals surface area contributed by atoms with Gasteiger partial charge in [0.25, 0.3) is 0 Å². The van der Waals surface area contributed by atoms with Crippen molar-refractivity contribution in [1.82, 2.24) is 4.98 Å². The van der Waals surface area contributed by atoms with E-state index in [1.807, 2.05) is 20.8 Å². The Hall–Kier alpha value is -1.81. The normalized spacial score (nSPS) is 11.6. The molecule has 0 spiro atoms. The van der Waals surface area contributed by atoms with E-state index in [-0.39, 0.29) is 0 Å². The maximum Gasteiger partial charge on any atom is 0.412 e. The Bertz CT molecular complexity index is 635. The first-order valence-corrected chi connectivity index (χ1v) is 6.26. The first kappa shape index (κ1) is 13.6. The van der Waals surface area contributed by atoms with Gasteiger partial charge >= 0.3 is 6.09 Å². The fourth-order valence-electron chi connectivity index (χ4n) is 2.02. The minimum Gasteiger partial charge on any atom is -0.465 e. The molecule has 2 aromatic rings. The lowest BCUT2D eigenvalue weighted by Crippen LogP contribution is -2.45. The Morgan fingerprint density at radius 2 is 2.00 bits per heavy atom. The van der Waals surface area contributed by atoms with Crippen molar-refractivity contribution in [2.75, 3.05) is 4.90 Å². The van der Waals surface area contributed by atoms with E-state index in [0.717, 1.165) is 10.9 Å². The predicted octanol–water partition coefficient (Wildman–Crippen LogP) is 4.17. The van der Waals surface area contributed by atoms with Crippen molar-refractivity contribution in [3.8, 4) is 0 Å². The third-order valence-electron chi connectivity index (χ3n) is 2.79. The second kappa shape index (κ2) is 4.70. The highest BCUT2D eigenvalue weighted by molar-refractivity contribution is 6.35. The number of amides is 1. The SMILES string of the molecule is CC(C)(C)N(C(=O)O)c1ccc2nccc(Cl)c2c1. The number of aromatic nitrogens is 1. The number of fused-ring (bicyclic) bond motifs is 1.